The molecule has 0 aliphatic heterocycles. The standard InChI is InChI=1S/C17H16Cl2FN3O4S2/c1-2-7-28(24,25)22-14-5-3-10(8-13(14)20)29(26,27)23-15-6-4-11(18)16-12(19)9-21-17(15)16/h3-6,8-9,21-23H,2,7H2,1H3. The van der Waals surface area contributed by atoms with Gasteiger partial charge in [-0.05, 0) is 36.8 Å². The molecule has 0 fully saturated rings. The van der Waals surface area contributed by atoms with Crippen molar-refractivity contribution in [2.75, 3.05) is 15.2 Å². The van der Waals surface area contributed by atoms with Gasteiger partial charge in [-0.3, -0.25) is 9.44 Å². The van der Waals surface area contributed by atoms with Gasteiger partial charge in [0.2, 0.25) is 10.0 Å². The van der Waals surface area contributed by atoms with Gasteiger partial charge in [0.25, 0.3) is 10.0 Å². The fraction of sp³-hybridized carbons (Fsp3) is 0.176. The van der Waals surface area contributed by atoms with Crippen LogP contribution in [0, 0.1) is 5.82 Å². The third kappa shape index (κ3) is 4.61. The molecule has 0 amide bonds. The zero-order valence-corrected chi connectivity index (χ0v) is 18.1. The minimum atomic E-state index is -4.17. The van der Waals surface area contributed by atoms with Gasteiger partial charge < -0.3 is 4.98 Å². The van der Waals surface area contributed by atoms with Crippen molar-refractivity contribution >= 4 is 65.5 Å². The maximum Gasteiger partial charge on any atom is 0.262 e. The summed E-state index contributed by atoms with van der Waals surface area (Å²) in [6, 6.07) is 5.82. The normalized spacial score (nSPS) is 12.3. The smallest absolute Gasteiger partial charge is 0.262 e. The molecular formula is C17H16Cl2FN3O4S2. The van der Waals surface area contributed by atoms with Crippen LogP contribution in [0.25, 0.3) is 10.9 Å². The van der Waals surface area contributed by atoms with Crippen LogP contribution in [-0.2, 0) is 20.0 Å². The second kappa shape index (κ2) is 8.02. The summed E-state index contributed by atoms with van der Waals surface area (Å²) in [4.78, 5) is 2.46. The average Bonchev–Trinajstić information content (AvgIpc) is 3.02. The molecule has 0 bridgehead atoms. The number of hydrogen-bond donors (Lipinski definition) is 3. The van der Waals surface area contributed by atoms with Gasteiger partial charge in [-0.25, -0.2) is 21.2 Å². The van der Waals surface area contributed by atoms with Crippen molar-refractivity contribution in [3.8, 4) is 0 Å². The zero-order chi connectivity index (χ0) is 21.4. The van der Waals surface area contributed by atoms with E-state index in [1.807, 2.05) is 0 Å². The first kappa shape index (κ1) is 21.7. The third-order valence-corrected chi connectivity index (χ3v) is 7.42. The number of halogens is 3. The van der Waals surface area contributed by atoms with Crippen LogP contribution >= 0.6 is 23.2 Å². The fourth-order valence-corrected chi connectivity index (χ4v) is 5.47. The number of H-pyrrole nitrogens is 1. The van der Waals surface area contributed by atoms with Gasteiger partial charge in [0.1, 0.15) is 5.82 Å². The SMILES string of the molecule is CCCS(=O)(=O)Nc1ccc(S(=O)(=O)Nc2ccc(Cl)c3c(Cl)c[nH]c23)cc1F. The van der Waals surface area contributed by atoms with Gasteiger partial charge in [-0.15, -0.1) is 0 Å². The van der Waals surface area contributed by atoms with Crippen molar-refractivity contribution in [1.29, 1.82) is 0 Å². The number of nitrogens with one attached hydrogen (secondary N) is 3. The quantitative estimate of drug-likeness (QED) is 0.461. The van der Waals surface area contributed by atoms with Crippen molar-refractivity contribution in [2.24, 2.45) is 0 Å². The highest BCUT2D eigenvalue weighted by Crippen LogP contribution is 2.35. The minimum absolute atomic E-state index is 0.171. The molecule has 29 heavy (non-hydrogen) atoms. The predicted molar refractivity (Wildman–Crippen MR) is 113 cm³/mol. The van der Waals surface area contributed by atoms with Crippen molar-refractivity contribution in [3.63, 3.8) is 0 Å². The van der Waals surface area contributed by atoms with E-state index >= 15 is 0 Å². The lowest BCUT2D eigenvalue weighted by Gasteiger charge is -2.12. The minimum Gasteiger partial charge on any atom is -0.358 e. The molecule has 2 aromatic carbocycles. The fourth-order valence-electron chi connectivity index (χ4n) is 2.69. The van der Waals surface area contributed by atoms with Crippen molar-refractivity contribution in [1.82, 2.24) is 4.98 Å². The Labute approximate surface area is 177 Å². The van der Waals surface area contributed by atoms with E-state index in [-0.39, 0.29) is 22.0 Å². The van der Waals surface area contributed by atoms with Crippen molar-refractivity contribution in [3.05, 3.63) is 52.4 Å². The maximum absolute atomic E-state index is 14.3. The Balaban J connectivity index is 1.93. The molecule has 156 valence electrons. The molecule has 0 spiro atoms. The van der Waals surface area contributed by atoms with Crippen LogP contribution in [0.1, 0.15) is 13.3 Å². The molecule has 1 aromatic heterocycles. The molecule has 0 aliphatic rings. The van der Waals surface area contributed by atoms with Crippen molar-refractivity contribution in [2.45, 2.75) is 18.2 Å². The lowest BCUT2D eigenvalue weighted by atomic mass is 10.2. The van der Waals surface area contributed by atoms with E-state index in [4.69, 9.17) is 23.2 Å². The number of benzene rings is 2. The molecule has 0 aliphatic carbocycles. The molecule has 0 atom stereocenters. The van der Waals surface area contributed by atoms with Crippen LogP contribution in [-0.4, -0.2) is 27.6 Å². The summed E-state index contributed by atoms with van der Waals surface area (Å²) in [6.07, 6.45) is 1.82. The molecular weight excluding hydrogens is 464 g/mol. The number of hydrogen-bond acceptors (Lipinski definition) is 4. The predicted octanol–water partition coefficient (Wildman–Crippen LogP) is 4.57. The van der Waals surface area contributed by atoms with E-state index in [0.29, 0.717) is 27.4 Å². The van der Waals surface area contributed by atoms with Crippen LogP contribution in [0.2, 0.25) is 10.0 Å². The lowest BCUT2D eigenvalue weighted by Crippen LogP contribution is -2.18. The molecule has 0 saturated heterocycles. The first-order valence-corrected chi connectivity index (χ1v) is 12.2. The number of sulfonamides is 2. The Hall–Kier alpha value is -2.01. The second-order valence-corrected chi connectivity index (χ2v) is 10.5. The highest BCUT2D eigenvalue weighted by molar-refractivity contribution is 7.93. The zero-order valence-electron chi connectivity index (χ0n) is 15.0. The summed E-state index contributed by atoms with van der Waals surface area (Å²) in [5, 5.41) is 1.10. The Bertz CT molecular complexity index is 1290. The third-order valence-electron chi connectivity index (χ3n) is 3.97. The Morgan fingerprint density at radius 2 is 1.69 bits per heavy atom. The Morgan fingerprint density at radius 1 is 1.00 bits per heavy atom. The maximum atomic E-state index is 14.3. The first-order valence-electron chi connectivity index (χ1n) is 8.32. The second-order valence-electron chi connectivity index (χ2n) is 6.15. The van der Waals surface area contributed by atoms with Crippen LogP contribution in [0.15, 0.2) is 41.4 Å². The van der Waals surface area contributed by atoms with Crippen LogP contribution < -0.4 is 9.44 Å². The molecule has 3 N–H and O–H groups in total. The molecule has 12 heteroatoms. The summed E-state index contributed by atoms with van der Waals surface area (Å²) in [6.45, 7) is 1.67. The largest absolute Gasteiger partial charge is 0.358 e. The van der Waals surface area contributed by atoms with Gasteiger partial charge in [-0.2, -0.15) is 0 Å². The first-order chi connectivity index (χ1) is 13.5. The summed E-state index contributed by atoms with van der Waals surface area (Å²) in [5.74, 6) is -1.20. The lowest BCUT2D eigenvalue weighted by molar-refractivity contribution is 0.594. The van der Waals surface area contributed by atoms with Crippen molar-refractivity contribution < 1.29 is 21.2 Å². The van der Waals surface area contributed by atoms with Gasteiger partial charge in [0, 0.05) is 11.6 Å². The molecule has 7 nitrogen and oxygen atoms in total. The molecule has 0 radical (unpaired) electrons. The molecule has 1 heterocycles. The highest BCUT2D eigenvalue weighted by atomic mass is 35.5. The Kier molecular flexibility index (Phi) is 6.00. The Morgan fingerprint density at radius 3 is 2.34 bits per heavy atom. The summed E-state index contributed by atoms with van der Waals surface area (Å²) in [5.41, 5.74) is 0.211. The van der Waals surface area contributed by atoms with Crippen LogP contribution in [0.5, 0.6) is 0 Å². The van der Waals surface area contributed by atoms with E-state index in [9.17, 15) is 21.2 Å². The average molecular weight is 480 g/mol. The van der Waals surface area contributed by atoms with E-state index in [2.05, 4.69) is 14.4 Å². The molecule has 3 aromatic rings. The summed E-state index contributed by atoms with van der Waals surface area (Å²) in [7, 11) is -7.89. The number of aromatic amines is 1. The van der Waals surface area contributed by atoms with E-state index in [0.717, 1.165) is 18.2 Å². The number of anilines is 2. The van der Waals surface area contributed by atoms with Gasteiger partial charge >= 0.3 is 0 Å². The molecule has 0 unspecified atom stereocenters. The van der Waals surface area contributed by atoms with E-state index in [1.54, 1.807) is 6.92 Å². The molecule has 3 rings (SSSR count). The highest BCUT2D eigenvalue weighted by Gasteiger charge is 2.20. The van der Waals surface area contributed by atoms with Gasteiger partial charge in [0.05, 0.1) is 37.6 Å². The molecule has 0 saturated carbocycles. The summed E-state index contributed by atoms with van der Waals surface area (Å²) < 4.78 is 67.8. The van der Waals surface area contributed by atoms with Crippen LogP contribution in [0.3, 0.4) is 0 Å². The van der Waals surface area contributed by atoms with E-state index in [1.165, 1.54) is 18.3 Å². The monoisotopic (exact) mass is 479 g/mol. The number of fused-ring (bicyclic) bond motifs is 1. The van der Waals surface area contributed by atoms with Crippen LogP contribution in [0.4, 0.5) is 15.8 Å². The number of rotatable bonds is 7. The van der Waals surface area contributed by atoms with E-state index < -0.39 is 25.9 Å². The topological polar surface area (TPSA) is 108 Å². The summed E-state index contributed by atoms with van der Waals surface area (Å²) >= 11 is 12.1. The van der Waals surface area contributed by atoms with Gasteiger partial charge in [0.15, 0.2) is 0 Å². The number of aromatic nitrogens is 1. The van der Waals surface area contributed by atoms with Gasteiger partial charge in [-0.1, -0.05) is 30.1 Å².